The van der Waals surface area contributed by atoms with Crippen LogP contribution < -0.4 is 15.8 Å². The Morgan fingerprint density at radius 3 is 2.79 bits per heavy atom. The molecule has 0 aromatic heterocycles. The Kier molecular flexibility index (Phi) is 8.52. The van der Waals surface area contributed by atoms with Crippen LogP contribution in [0.25, 0.3) is 0 Å². The molecule has 5 N–H and O–H groups in total. The van der Waals surface area contributed by atoms with Gasteiger partial charge in [0.05, 0.1) is 24.1 Å². The molecule has 2 atom stereocenters. The molecule has 150 valence electrons. The molecule has 0 aliphatic carbocycles. The Balaban J connectivity index is 1.81. The van der Waals surface area contributed by atoms with E-state index in [4.69, 9.17) is 15.6 Å². The van der Waals surface area contributed by atoms with E-state index in [9.17, 15) is 9.90 Å². The van der Waals surface area contributed by atoms with Gasteiger partial charge >= 0.3 is 0 Å². The zero-order valence-electron chi connectivity index (χ0n) is 16.0. The van der Waals surface area contributed by atoms with Gasteiger partial charge in [-0.1, -0.05) is 37.3 Å². The minimum atomic E-state index is -0.635. The largest absolute Gasteiger partial charge is 0.491 e. The van der Waals surface area contributed by atoms with Gasteiger partial charge in [0, 0.05) is 0 Å². The Hall–Kier alpha value is -2.83. The summed E-state index contributed by atoms with van der Waals surface area (Å²) in [5.74, 6) is 0.389. The van der Waals surface area contributed by atoms with Crippen LogP contribution in [0.15, 0.2) is 60.7 Å². The van der Waals surface area contributed by atoms with Crippen molar-refractivity contribution in [2.45, 2.75) is 25.9 Å². The molecular weight excluding hydrogens is 356 g/mol. The number of aliphatic hydroxyl groups excluding tert-OH is 2. The average Bonchev–Trinajstić information content (AvgIpc) is 2.71. The van der Waals surface area contributed by atoms with Crippen molar-refractivity contribution in [1.29, 1.82) is 0 Å². The van der Waals surface area contributed by atoms with Crippen molar-refractivity contribution in [2.24, 2.45) is 5.92 Å². The van der Waals surface area contributed by atoms with Crippen LogP contribution in [0.1, 0.15) is 31.4 Å². The summed E-state index contributed by atoms with van der Waals surface area (Å²) in [4.78, 5) is 12.0. The van der Waals surface area contributed by atoms with E-state index in [1.54, 1.807) is 30.3 Å². The Morgan fingerprint density at radius 2 is 2.04 bits per heavy atom. The van der Waals surface area contributed by atoms with Crippen LogP contribution in [0.2, 0.25) is 0 Å². The zero-order valence-corrected chi connectivity index (χ0v) is 16.0. The Labute approximate surface area is 165 Å². The number of carbonyl (C=O) groups excluding carboxylic acids is 1. The third kappa shape index (κ3) is 6.72. The fraction of sp³-hybridized carbons (Fsp3) is 0.318. The molecule has 0 aliphatic heterocycles. The molecule has 0 unspecified atom stereocenters. The molecule has 2 rings (SSSR count). The van der Waals surface area contributed by atoms with Gasteiger partial charge in [-0.05, 0) is 54.7 Å². The van der Waals surface area contributed by atoms with Gasteiger partial charge in [-0.15, -0.1) is 0 Å². The predicted octanol–water partition coefficient (Wildman–Crippen LogP) is 3.28. The molecule has 28 heavy (non-hydrogen) atoms. The minimum Gasteiger partial charge on any atom is -0.491 e. The Morgan fingerprint density at radius 1 is 1.25 bits per heavy atom. The maximum Gasteiger partial charge on any atom is 0.248 e. The van der Waals surface area contributed by atoms with Gasteiger partial charge in [0.25, 0.3) is 0 Å². The zero-order chi connectivity index (χ0) is 20.4. The monoisotopic (exact) mass is 384 g/mol. The second kappa shape index (κ2) is 11.1. The molecule has 1 amide bonds. The molecular formula is C22H28N2O4. The number of nitrogen functional groups attached to an aromatic ring is 1. The second-order valence-electron chi connectivity index (χ2n) is 6.62. The van der Waals surface area contributed by atoms with Crippen LogP contribution in [-0.2, 0) is 4.79 Å². The lowest BCUT2D eigenvalue weighted by molar-refractivity contribution is -0.111. The number of hydrogen-bond acceptors (Lipinski definition) is 5. The van der Waals surface area contributed by atoms with E-state index in [1.807, 2.05) is 31.2 Å². The average molecular weight is 384 g/mol. The lowest BCUT2D eigenvalue weighted by Crippen LogP contribution is -2.10. The highest BCUT2D eigenvalue weighted by atomic mass is 16.5. The van der Waals surface area contributed by atoms with E-state index in [0.29, 0.717) is 23.5 Å². The first kappa shape index (κ1) is 21.5. The molecule has 0 bridgehead atoms. The van der Waals surface area contributed by atoms with E-state index in [2.05, 4.69) is 5.32 Å². The standard InChI is InChI=1S/C22H28N2O4/c1-16(22(27)17-8-6-9-18(15-17)28-14-13-25)7-2-5-12-21(26)24-20-11-4-3-10-19(20)23/h3-6,8-12,15-16,22,25,27H,2,7,13-14,23H2,1H3,(H,24,26)/b12-5+/t16-,22-/m1/s1. The molecule has 0 heterocycles. The molecule has 6 nitrogen and oxygen atoms in total. The minimum absolute atomic E-state index is 0.00516. The lowest BCUT2D eigenvalue weighted by atomic mass is 9.93. The van der Waals surface area contributed by atoms with Crippen LogP contribution >= 0.6 is 0 Å². The number of amides is 1. The van der Waals surface area contributed by atoms with Crippen LogP contribution in [-0.4, -0.2) is 29.3 Å². The summed E-state index contributed by atoms with van der Waals surface area (Å²) < 4.78 is 5.38. The maximum atomic E-state index is 12.0. The number of benzene rings is 2. The molecule has 0 fully saturated rings. The summed E-state index contributed by atoms with van der Waals surface area (Å²) in [6, 6.07) is 14.3. The fourth-order valence-corrected chi connectivity index (χ4v) is 2.77. The number of allylic oxidation sites excluding steroid dienone is 1. The van der Waals surface area contributed by atoms with E-state index in [0.717, 1.165) is 12.0 Å². The highest BCUT2D eigenvalue weighted by Crippen LogP contribution is 2.28. The van der Waals surface area contributed by atoms with E-state index in [1.165, 1.54) is 6.08 Å². The van der Waals surface area contributed by atoms with Gasteiger partial charge in [0.2, 0.25) is 5.91 Å². The van der Waals surface area contributed by atoms with Gasteiger partial charge < -0.3 is 26.0 Å². The summed E-state index contributed by atoms with van der Waals surface area (Å²) in [7, 11) is 0. The molecule has 2 aromatic carbocycles. The fourth-order valence-electron chi connectivity index (χ4n) is 2.77. The Bertz CT molecular complexity index is 792. The normalized spacial score (nSPS) is 13.2. The van der Waals surface area contributed by atoms with Crippen molar-refractivity contribution in [3.05, 3.63) is 66.2 Å². The van der Waals surface area contributed by atoms with E-state index < -0.39 is 6.10 Å². The molecule has 0 saturated carbocycles. The topological polar surface area (TPSA) is 105 Å². The van der Waals surface area contributed by atoms with E-state index in [-0.39, 0.29) is 25.0 Å². The van der Waals surface area contributed by atoms with Crippen molar-refractivity contribution < 1.29 is 19.7 Å². The van der Waals surface area contributed by atoms with Crippen LogP contribution in [0.3, 0.4) is 0 Å². The number of hydrogen-bond donors (Lipinski definition) is 4. The maximum absolute atomic E-state index is 12.0. The highest BCUT2D eigenvalue weighted by Gasteiger charge is 2.16. The number of nitrogens with two attached hydrogens (primary N) is 1. The van der Waals surface area contributed by atoms with Gasteiger partial charge in [0.1, 0.15) is 12.4 Å². The van der Waals surface area contributed by atoms with Crippen LogP contribution in [0.4, 0.5) is 11.4 Å². The van der Waals surface area contributed by atoms with Gasteiger partial charge in [-0.2, -0.15) is 0 Å². The summed E-state index contributed by atoms with van der Waals surface area (Å²) >= 11 is 0. The third-order valence-electron chi connectivity index (χ3n) is 4.38. The molecule has 0 aliphatic rings. The number of ether oxygens (including phenoxy) is 1. The van der Waals surface area contributed by atoms with Crippen molar-refractivity contribution >= 4 is 17.3 Å². The van der Waals surface area contributed by atoms with Gasteiger partial charge in [-0.3, -0.25) is 4.79 Å². The van der Waals surface area contributed by atoms with E-state index >= 15 is 0 Å². The van der Waals surface area contributed by atoms with Crippen molar-refractivity contribution in [3.63, 3.8) is 0 Å². The quantitative estimate of drug-likeness (QED) is 0.372. The smallest absolute Gasteiger partial charge is 0.248 e. The molecule has 0 spiro atoms. The summed E-state index contributed by atoms with van der Waals surface area (Å²) in [6.45, 7) is 2.13. The molecule has 2 aromatic rings. The van der Waals surface area contributed by atoms with Crippen molar-refractivity contribution in [1.82, 2.24) is 0 Å². The third-order valence-corrected chi connectivity index (χ3v) is 4.38. The first-order valence-corrected chi connectivity index (χ1v) is 9.35. The predicted molar refractivity (Wildman–Crippen MR) is 111 cm³/mol. The summed E-state index contributed by atoms with van der Waals surface area (Å²) in [5, 5.41) is 22.1. The van der Waals surface area contributed by atoms with Crippen LogP contribution in [0.5, 0.6) is 5.75 Å². The van der Waals surface area contributed by atoms with Gasteiger partial charge in [0.15, 0.2) is 0 Å². The lowest BCUT2D eigenvalue weighted by Gasteiger charge is -2.19. The number of rotatable bonds is 10. The number of nitrogens with one attached hydrogen (secondary N) is 1. The number of para-hydroxylation sites is 2. The molecule has 0 saturated heterocycles. The molecule has 0 radical (unpaired) electrons. The van der Waals surface area contributed by atoms with Crippen molar-refractivity contribution in [3.8, 4) is 5.75 Å². The number of aliphatic hydroxyl groups is 2. The highest BCUT2D eigenvalue weighted by molar-refractivity contribution is 6.01. The SMILES string of the molecule is C[C@H](CC/C=C/C(=O)Nc1ccccc1N)[C@@H](O)c1cccc(OCCO)c1. The first-order chi connectivity index (χ1) is 13.5. The number of carbonyl (C=O) groups is 1. The molecule has 6 heteroatoms. The van der Waals surface area contributed by atoms with Crippen molar-refractivity contribution in [2.75, 3.05) is 24.3 Å². The second-order valence-corrected chi connectivity index (χ2v) is 6.62. The van der Waals surface area contributed by atoms with Crippen LogP contribution in [0, 0.1) is 5.92 Å². The van der Waals surface area contributed by atoms with Gasteiger partial charge in [-0.25, -0.2) is 0 Å². The number of anilines is 2. The summed E-state index contributed by atoms with van der Waals surface area (Å²) in [5.41, 5.74) is 7.68. The summed E-state index contributed by atoms with van der Waals surface area (Å²) in [6.07, 6.45) is 4.02. The first-order valence-electron chi connectivity index (χ1n) is 9.35.